The number of halogens is 3. The zero-order valence-electron chi connectivity index (χ0n) is 18.5. The first-order valence-electron chi connectivity index (χ1n) is 10.2. The minimum absolute atomic E-state index is 0.0609. The maximum absolute atomic E-state index is 13.7. The number of amides is 2. The van der Waals surface area contributed by atoms with Gasteiger partial charge in [0.15, 0.2) is 11.6 Å². The molecule has 2 rings (SSSR count). The Labute approximate surface area is 197 Å². The number of sulfonamides is 1. The predicted octanol–water partition coefficient (Wildman–Crippen LogP) is 3.33. The Morgan fingerprint density at radius 1 is 1.12 bits per heavy atom. The SMILES string of the molecule is CCCNC(=O)[C@@H](C)N(Cc1ccccc1Cl)C(=O)CN(c1ccc(F)c(F)c1)S(C)(=O)=O. The van der Waals surface area contributed by atoms with Crippen LogP contribution in [0.15, 0.2) is 42.5 Å². The summed E-state index contributed by atoms with van der Waals surface area (Å²) in [7, 11) is -4.05. The molecule has 0 saturated carbocycles. The van der Waals surface area contributed by atoms with E-state index in [0.29, 0.717) is 33.9 Å². The molecule has 33 heavy (non-hydrogen) atoms. The lowest BCUT2D eigenvalue weighted by molar-refractivity contribution is -0.139. The summed E-state index contributed by atoms with van der Waals surface area (Å²) in [5.41, 5.74) is 0.340. The first-order chi connectivity index (χ1) is 15.5. The first kappa shape index (κ1) is 26.5. The molecule has 0 saturated heterocycles. The van der Waals surface area contributed by atoms with E-state index < -0.39 is 46.1 Å². The van der Waals surface area contributed by atoms with Crippen LogP contribution in [-0.4, -0.2) is 50.5 Å². The topological polar surface area (TPSA) is 86.8 Å². The number of hydrogen-bond donors (Lipinski definition) is 1. The molecule has 0 bridgehead atoms. The Bertz CT molecular complexity index is 1110. The molecule has 2 aromatic carbocycles. The third-order valence-corrected chi connectivity index (χ3v) is 6.39. The van der Waals surface area contributed by atoms with Gasteiger partial charge in [-0.05, 0) is 37.1 Å². The van der Waals surface area contributed by atoms with Gasteiger partial charge in [0.25, 0.3) is 0 Å². The Kier molecular flexibility index (Phi) is 9.18. The number of benzene rings is 2. The maximum Gasteiger partial charge on any atom is 0.244 e. The van der Waals surface area contributed by atoms with E-state index in [4.69, 9.17) is 11.6 Å². The highest BCUT2D eigenvalue weighted by atomic mass is 35.5. The molecule has 0 unspecified atom stereocenters. The Morgan fingerprint density at radius 2 is 1.79 bits per heavy atom. The molecular weight excluding hydrogens is 476 g/mol. The van der Waals surface area contributed by atoms with Gasteiger partial charge in [-0.15, -0.1) is 0 Å². The Hall–Kier alpha value is -2.72. The van der Waals surface area contributed by atoms with Gasteiger partial charge in [0.1, 0.15) is 12.6 Å². The second-order valence-corrected chi connectivity index (χ2v) is 9.76. The molecule has 0 aliphatic carbocycles. The first-order valence-corrected chi connectivity index (χ1v) is 12.4. The zero-order valence-corrected chi connectivity index (χ0v) is 20.1. The van der Waals surface area contributed by atoms with Crippen molar-refractivity contribution in [3.63, 3.8) is 0 Å². The highest BCUT2D eigenvalue weighted by Crippen LogP contribution is 2.23. The molecule has 2 amide bonds. The third-order valence-electron chi connectivity index (χ3n) is 4.89. The summed E-state index contributed by atoms with van der Waals surface area (Å²) in [6, 6.07) is 8.32. The summed E-state index contributed by atoms with van der Waals surface area (Å²) in [5, 5.41) is 3.08. The van der Waals surface area contributed by atoms with E-state index in [1.807, 2.05) is 6.92 Å². The summed E-state index contributed by atoms with van der Waals surface area (Å²) in [4.78, 5) is 27.1. The average molecular weight is 502 g/mol. The molecule has 1 N–H and O–H groups in total. The molecule has 0 fully saturated rings. The van der Waals surface area contributed by atoms with Crippen LogP contribution in [0, 0.1) is 11.6 Å². The van der Waals surface area contributed by atoms with E-state index >= 15 is 0 Å². The van der Waals surface area contributed by atoms with E-state index in [0.717, 1.165) is 18.4 Å². The van der Waals surface area contributed by atoms with Crippen LogP contribution in [0.3, 0.4) is 0 Å². The van der Waals surface area contributed by atoms with Crippen molar-refractivity contribution in [1.82, 2.24) is 10.2 Å². The normalized spacial score (nSPS) is 12.2. The lowest BCUT2D eigenvalue weighted by Gasteiger charge is -2.31. The molecular formula is C22H26ClF2N3O4S. The lowest BCUT2D eigenvalue weighted by Crippen LogP contribution is -2.51. The number of nitrogens with zero attached hydrogens (tertiary/aromatic N) is 2. The Morgan fingerprint density at radius 3 is 2.36 bits per heavy atom. The molecule has 7 nitrogen and oxygen atoms in total. The van der Waals surface area contributed by atoms with Gasteiger partial charge in [0.2, 0.25) is 21.8 Å². The average Bonchev–Trinajstić information content (AvgIpc) is 2.75. The second kappa shape index (κ2) is 11.4. The van der Waals surface area contributed by atoms with Crippen molar-refractivity contribution in [2.24, 2.45) is 0 Å². The van der Waals surface area contributed by atoms with Crippen molar-refractivity contribution in [1.29, 1.82) is 0 Å². The van der Waals surface area contributed by atoms with Crippen molar-refractivity contribution in [2.45, 2.75) is 32.9 Å². The number of carbonyl (C=O) groups excluding carboxylic acids is 2. The summed E-state index contributed by atoms with van der Waals surface area (Å²) in [5.74, 6) is -3.55. The minimum atomic E-state index is -4.05. The molecule has 180 valence electrons. The summed E-state index contributed by atoms with van der Waals surface area (Å²) >= 11 is 6.23. The van der Waals surface area contributed by atoms with Gasteiger partial charge in [-0.1, -0.05) is 36.7 Å². The van der Waals surface area contributed by atoms with Crippen molar-refractivity contribution < 1.29 is 26.8 Å². The van der Waals surface area contributed by atoms with E-state index in [9.17, 15) is 26.8 Å². The summed E-state index contributed by atoms with van der Waals surface area (Å²) < 4.78 is 52.5. The predicted molar refractivity (Wildman–Crippen MR) is 123 cm³/mol. The van der Waals surface area contributed by atoms with Gasteiger partial charge in [-0.2, -0.15) is 0 Å². The summed E-state index contributed by atoms with van der Waals surface area (Å²) in [6.07, 6.45) is 1.53. The van der Waals surface area contributed by atoms with Crippen molar-refractivity contribution in [2.75, 3.05) is 23.7 Å². The van der Waals surface area contributed by atoms with Crippen molar-refractivity contribution in [3.05, 3.63) is 64.7 Å². The second-order valence-electron chi connectivity index (χ2n) is 7.45. The van der Waals surface area contributed by atoms with E-state index in [2.05, 4.69) is 5.32 Å². The monoisotopic (exact) mass is 501 g/mol. The molecule has 0 aliphatic rings. The third kappa shape index (κ3) is 7.13. The van der Waals surface area contributed by atoms with Gasteiger partial charge in [-0.3, -0.25) is 13.9 Å². The fourth-order valence-electron chi connectivity index (χ4n) is 3.04. The quantitative estimate of drug-likeness (QED) is 0.541. The van der Waals surface area contributed by atoms with Crippen LogP contribution in [0.25, 0.3) is 0 Å². The maximum atomic E-state index is 13.7. The van der Waals surface area contributed by atoms with E-state index in [-0.39, 0.29) is 12.2 Å². The van der Waals surface area contributed by atoms with Crippen LogP contribution in [0.5, 0.6) is 0 Å². The van der Waals surface area contributed by atoms with Crippen LogP contribution >= 0.6 is 11.6 Å². The number of rotatable bonds is 10. The van der Waals surface area contributed by atoms with Gasteiger partial charge < -0.3 is 10.2 Å². The zero-order chi connectivity index (χ0) is 24.8. The van der Waals surface area contributed by atoms with Crippen LogP contribution in [0.4, 0.5) is 14.5 Å². The molecule has 0 heterocycles. The number of carbonyl (C=O) groups is 2. The molecule has 2 aromatic rings. The largest absolute Gasteiger partial charge is 0.354 e. The van der Waals surface area contributed by atoms with Crippen LogP contribution in [0.1, 0.15) is 25.8 Å². The van der Waals surface area contributed by atoms with Gasteiger partial charge in [0.05, 0.1) is 11.9 Å². The van der Waals surface area contributed by atoms with Gasteiger partial charge in [-0.25, -0.2) is 17.2 Å². The van der Waals surface area contributed by atoms with Crippen LogP contribution in [-0.2, 0) is 26.2 Å². The van der Waals surface area contributed by atoms with E-state index in [1.165, 1.54) is 11.8 Å². The highest BCUT2D eigenvalue weighted by Gasteiger charge is 2.30. The standard InChI is InChI=1S/C22H26ClF2N3O4S/c1-4-11-26-22(30)15(2)27(13-16-7-5-6-8-18(16)23)21(29)14-28(33(3,31)32)17-9-10-19(24)20(25)12-17/h5-10,12,15H,4,11,13-14H2,1-3H3,(H,26,30)/t15-/m1/s1. The number of nitrogens with one attached hydrogen (secondary N) is 1. The molecule has 0 aliphatic heterocycles. The van der Waals surface area contributed by atoms with Gasteiger partial charge in [0, 0.05) is 24.2 Å². The minimum Gasteiger partial charge on any atom is -0.354 e. The number of hydrogen-bond acceptors (Lipinski definition) is 4. The molecule has 0 radical (unpaired) electrons. The molecule has 0 aromatic heterocycles. The van der Waals surface area contributed by atoms with Crippen molar-refractivity contribution >= 4 is 39.1 Å². The van der Waals surface area contributed by atoms with Crippen molar-refractivity contribution in [3.8, 4) is 0 Å². The fourth-order valence-corrected chi connectivity index (χ4v) is 4.08. The van der Waals surface area contributed by atoms with E-state index in [1.54, 1.807) is 24.3 Å². The lowest BCUT2D eigenvalue weighted by atomic mass is 10.1. The smallest absolute Gasteiger partial charge is 0.244 e. The van der Waals surface area contributed by atoms with Crippen LogP contribution < -0.4 is 9.62 Å². The summed E-state index contributed by atoms with van der Waals surface area (Å²) in [6.45, 7) is 3.02. The van der Waals surface area contributed by atoms with Gasteiger partial charge >= 0.3 is 0 Å². The number of anilines is 1. The van der Waals surface area contributed by atoms with Crippen LogP contribution in [0.2, 0.25) is 5.02 Å². The molecule has 0 spiro atoms. The molecule has 1 atom stereocenters. The highest BCUT2D eigenvalue weighted by molar-refractivity contribution is 7.92. The molecule has 11 heteroatoms. The fraction of sp³-hybridized carbons (Fsp3) is 0.364. The Balaban J connectivity index is 2.40.